The predicted octanol–water partition coefficient (Wildman–Crippen LogP) is -0.0391. The maximum atomic E-state index is 9.58. The molecule has 0 bridgehead atoms. The third-order valence-electron chi connectivity index (χ3n) is 0.516. The Hall–Kier alpha value is -0.630. The molecule has 0 heterocycles. The van der Waals surface area contributed by atoms with Gasteiger partial charge in [0.25, 0.3) is 0 Å². The molecule has 2 heteroatoms. The van der Waals surface area contributed by atoms with Gasteiger partial charge in [0, 0.05) is 6.54 Å². The van der Waals surface area contributed by atoms with Gasteiger partial charge < -0.3 is 10.1 Å². The van der Waals surface area contributed by atoms with Crippen molar-refractivity contribution in [2.75, 3.05) is 13.1 Å². The maximum Gasteiger partial charge on any atom is 0.133 e. The Balaban J connectivity index is 2.68. The van der Waals surface area contributed by atoms with Gasteiger partial charge in [-0.05, 0) is 0 Å². The summed E-state index contributed by atoms with van der Waals surface area (Å²) in [5.74, 6) is 0. The molecule has 0 aromatic rings. The average Bonchev–Trinajstić information content (AvgIpc) is 1.69. The molecule has 0 amide bonds. The first-order chi connectivity index (χ1) is 3.41. The molecule has 0 saturated heterocycles. The minimum atomic E-state index is 0.423. The topological polar surface area (TPSA) is 29.1 Å². The van der Waals surface area contributed by atoms with E-state index in [9.17, 15) is 4.79 Å². The second kappa shape index (κ2) is 5.37. The zero-order valence-corrected chi connectivity index (χ0v) is 4.18. The molecule has 0 aliphatic carbocycles. The lowest BCUT2D eigenvalue weighted by Gasteiger charge is -1.87. The van der Waals surface area contributed by atoms with Crippen molar-refractivity contribution in [2.45, 2.75) is 0 Å². The molecular weight excluding hydrogens is 90.1 g/mol. The second-order valence-electron chi connectivity index (χ2n) is 1.11. The average molecular weight is 99.1 g/mol. The highest BCUT2D eigenvalue weighted by Gasteiger charge is 1.73. The van der Waals surface area contributed by atoms with Gasteiger partial charge in [0.05, 0.1) is 6.54 Å². The third kappa shape index (κ3) is 5.37. The van der Waals surface area contributed by atoms with Gasteiger partial charge in [0.2, 0.25) is 0 Å². The summed E-state index contributed by atoms with van der Waals surface area (Å²) < 4.78 is 0. The van der Waals surface area contributed by atoms with Crippen LogP contribution in [0.3, 0.4) is 0 Å². The predicted molar refractivity (Wildman–Crippen MR) is 29.1 cm³/mol. The highest BCUT2D eigenvalue weighted by atomic mass is 16.1. The van der Waals surface area contributed by atoms with Gasteiger partial charge in [0.15, 0.2) is 0 Å². The van der Waals surface area contributed by atoms with E-state index in [1.807, 2.05) is 0 Å². The summed E-state index contributed by atoms with van der Waals surface area (Å²) in [5.41, 5.74) is 0. The zero-order valence-electron chi connectivity index (χ0n) is 4.18. The quantitative estimate of drug-likeness (QED) is 0.304. The summed E-state index contributed by atoms with van der Waals surface area (Å²) in [6, 6.07) is 0. The van der Waals surface area contributed by atoms with Crippen molar-refractivity contribution in [1.82, 2.24) is 5.32 Å². The first-order valence-corrected chi connectivity index (χ1v) is 2.17. The first-order valence-electron chi connectivity index (χ1n) is 2.17. The van der Waals surface area contributed by atoms with E-state index >= 15 is 0 Å². The van der Waals surface area contributed by atoms with Gasteiger partial charge >= 0.3 is 0 Å². The molecule has 40 valence electrons. The van der Waals surface area contributed by atoms with Crippen molar-refractivity contribution < 1.29 is 4.79 Å². The Morgan fingerprint density at radius 3 is 2.71 bits per heavy atom. The summed E-state index contributed by atoms with van der Waals surface area (Å²) >= 11 is 0. The van der Waals surface area contributed by atoms with Crippen LogP contribution in [-0.2, 0) is 4.79 Å². The summed E-state index contributed by atoms with van der Waals surface area (Å²) in [4.78, 5) is 9.58. The van der Waals surface area contributed by atoms with E-state index in [1.54, 1.807) is 6.08 Å². The smallest absolute Gasteiger partial charge is 0.133 e. The highest BCUT2D eigenvalue weighted by molar-refractivity contribution is 5.51. The van der Waals surface area contributed by atoms with Crippen LogP contribution in [0.1, 0.15) is 0 Å². The minimum Gasteiger partial charge on any atom is -0.307 e. The van der Waals surface area contributed by atoms with Gasteiger partial charge in [-0.2, -0.15) is 0 Å². The number of hydrogen-bond acceptors (Lipinski definition) is 2. The Morgan fingerprint density at radius 1 is 1.57 bits per heavy atom. The summed E-state index contributed by atoms with van der Waals surface area (Å²) in [6.07, 6.45) is 2.53. The largest absolute Gasteiger partial charge is 0.307 e. The van der Waals surface area contributed by atoms with E-state index in [0.29, 0.717) is 13.1 Å². The molecule has 0 aromatic carbocycles. The van der Waals surface area contributed by atoms with Crippen LogP contribution >= 0.6 is 0 Å². The fraction of sp³-hybridized carbons (Fsp3) is 0.400. The van der Waals surface area contributed by atoms with Crippen LogP contribution in [0.4, 0.5) is 0 Å². The molecule has 0 aliphatic rings. The Labute approximate surface area is 43.2 Å². The van der Waals surface area contributed by atoms with Crippen molar-refractivity contribution in [3.63, 3.8) is 0 Å². The standard InChI is InChI=1S/C5H9NO/c1-2-3-6-4-5-7/h2,5-6H,1,3-4H2. The highest BCUT2D eigenvalue weighted by Crippen LogP contribution is 1.54. The fourth-order valence-corrected chi connectivity index (χ4v) is 0.244. The van der Waals surface area contributed by atoms with Crippen LogP contribution in [0, 0.1) is 0 Å². The minimum absolute atomic E-state index is 0.423. The second-order valence-corrected chi connectivity index (χ2v) is 1.11. The molecule has 0 spiro atoms. The third-order valence-corrected chi connectivity index (χ3v) is 0.516. The van der Waals surface area contributed by atoms with Crippen LogP contribution in [0.15, 0.2) is 12.7 Å². The van der Waals surface area contributed by atoms with Crippen LogP contribution in [0.2, 0.25) is 0 Å². The molecule has 0 atom stereocenters. The lowest BCUT2D eigenvalue weighted by atomic mass is 10.6. The number of aldehydes is 1. The SMILES string of the molecule is C=CCNCC=O. The van der Waals surface area contributed by atoms with Gasteiger partial charge in [-0.1, -0.05) is 6.08 Å². The van der Waals surface area contributed by atoms with Crippen molar-refractivity contribution in [3.8, 4) is 0 Å². The molecule has 1 N–H and O–H groups in total. The first kappa shape index (κ1) is 6.37. The van der Waals surface area contributed by atoms with E-state index in [0.717, 1.165) is 6.29 Å². The van der Waals surface area contributed by atoms with Gasteiger partial charge in [-0.15, -0.1) is 6.58 Å². The molecule has 0 saturated carbocycles. The lowest BCUT2D eigenvalue weighted by Crippen LogP contribution is -2.15. The maximum absolute atomic E-state index is 9.58. The molecule has 0 unspecified atom stereocenters. The number of carbonyl (C=O) groups is 1. The fourth-order valence-electron chi connectivity index (χ4n) is 0.244. The Kier molecular flexibility index (Phi) is 4.89. The van der Waals surface area contributed by atoms with Gasteiger partial charge in [-0.25, -0.2) is 0 Å². The molecule has 7 heavy (non-hydrogen) atoms. The number of rotatable bonds is 4. The molecule has 0 aromatic heterocycles. The van der Waals surface area contributed by atoms with E-state index in [2.05, 4.69) is 11.9 Å². The number of carbonyl (C=O) groups excluding carboxylic acids is 1. The molecule has 2 nitrogen and oxygen atoms in total. The zero-order chi connectivity index (χ0) is 5.54. The summed E-state index contributed by atoms with van der Waals surface area (Å²) in [5, 5.41) is 2.80. The molecule has 0 fully saturated rings. The normalized spacial score (nSPS) is 8.00. The van der Waals surface area contributed by atoms with Crippen LogP contribution in [0.5, 0.6) is 0 Å². The van der Waals surface area contributed by atoms with Crippen LogP contribution < -0.4 is 5.32 Å². The van der Waals surface area contributed by atoms with Gasteiger partial charge in [0.1, 0.15) is 6.29 Å². The van der Waals surface area contributed by atoms with E-state index in [1.165, 1.54) is 0 Å². The van der Waals surface area contributed by atoms with E-state index in [-0.39, 0.29) is 0 Å². The van der Waals surface area contributed by atoms with Crippen molar-refractivity contribution in [2.24, 2.45) is 0 Å². The Bertz CT molecular complexity index is 53.1. The summed E-state index contributed by atoms with van der Waals surface area (Å²) in [7, 11) is 0. The van der Waals surface area contributed by atoms with Crippen LogP contribution in [-0.4, -0.2) is 19.4 Å². The molecule has 0 rings (SSSR count). The number of hydrogen-bond donors (Lipinski definition) is 1. The number of nitrogens with one attached hydrogen (secondary N) is 1. The van der Waals surface area contributed by atoms with Gasteiger partial charge in [-0.3, -0.25) is 0 Å². The molecule has 0 aliphatic heterocycles. The van der Waals surface area contributed by atoms with Crippen molar-refractivity contribution >= 4 is 6.29 Å². The monoisotopic (exact) mass is 99.1 g/mol. The van der Waals surface area contributed by atoms with Crippen molar-refractivity contribution in [3.05, 3.63) is 12.7 Å². The van der Waals surface area contributed by atoms with Crippen LogP contribution in [0.25, 0.3) is 0 Å². The Morgan fingerprint density at radius 2 is 2.29 bits per heavy atom. The van der Waals surface area contributed by atoms with Crippen molar-refractivity contribution in [1.29, 1.82) is 0 Å². The summed E-state index contributed by atoms with van der Waals surface area (Å²) in [6.45, 7) is 4.58. The van der Waals surface area contributed by atoms with E-state index < -0.39 is 0 Å². The van der Waals surface area contributed by atoms with E-state index in [4.69, 9.17) is 0 Å². The molecular formula is C5H9NO. The molecule has 0 radical (unpaired) electrons. The lowest BCUT2D eigenvalue weighted by molar-refractivity contribution is -0.107.